The molecule has 162 valence electrons. The normalized spacial score (nSPS) is 18.5. The van der Waals surface area contributed by atoms with Gasteiger partial charge in [0.2, 0.25) is 0 Å². The Bertz CT molecular complexity index is 975. The number of anilines is 2. The molecule has 0 unspecified atom stereocenters. The van der Waals surface area contributed by atoms with Gasteiger partial charge in [-0.05, 0) is 48.0 Å². The summed E-state index contributed by atoms with van der Waals surface area (Å²) in [6.45, 7) is 4.07. The van der Waals surface area contributed by atoms with Gasteiger partial charge in [-0.1, -0.05) is 12.1 Å². The largest absolute Gasteiger partial charge is 0.508 e. The lowest BCUT2D eigenvalue weighted by molar-refractivity contribution is -0.113. The fourth-order valence-corrected chi connectivity index (χ4v) is 3.71. The number of rotatable bonds is 6. The van der Waals surface area contributed by atoms with Crippen LogP contribution in [0.2, 0.25) is 0 Å². The van der Waals surface area contributed by atoms with Crippen LogP contribution in [0.1, 0.15) is 12.0 Å². The summed E-state index contributed by atoms with van der Waals surface area (Å²) in [4.78, 5) is 24.0. The Morgan fingerprint density at radius 1 is 1.06 bits per heavy atom. The highest BCUT2D eigenvalue weighted by Gasteiger charge is 2.31. The fourth-order valence-electron chi connectivity index (χ4n) is 3.71. The number of aromatic hydroxyl groups is 1. The molecule has 0 radical (unpaired) electrons. The molecule has 1 amide bonds. The molecule has 1 saturated heterocycles. The van der Waals surface area contributed by atoms with Crippen molar-refractivity contribution in [3.8, 4) is 5.75 Å². The van der Waals surface area contributed by atoms with E-state index in [1.54, 1.807) is 29.2 Å². The summed E-state index contributed by atoms with van der Waals surface area (Å²) in [5, 5.41) is 9.65. The summed E-state index contributed by atoms with van der Waals surface area (Å²) in [6.07, 6.45) is 2.49. The van der Waals surface area contributed by atoms with Gasteiger partial charge in [-0.25, -0.2) is 4.99 Å². The highest BCUT2D eigenvalue weighted by atomic mass is 16.5. The Morgan fingerprint density at radius 3 is 2.39 bits per heavy atom. The molecule has 2 heterocycles. The SMILES string of the molecule is CN(C)c1ccc(/C=C2\N=C(CCN3CCOCC3)N(c3ccc(O)cc3)C2=O)cc1. The van der Waals surface area contributed by atoms with E-state index < -0.39 is 0 Å². The topological polar surface area (TPSA) is 68.6 Å². The monoisotopic (exact) mass is 420 g/mol. The molecule has 0 aliphatic carbocycles. The van der Waals surface area contributed by atoms with E-state index in [-0.39, 0.29) is 11.7 Å². The molecule has 0 bridgehead atoms. The van der Waals surface area contributed by atoms with Crippen LogP contribution in [0.4, 0.5) is 11.4 Å². The third kappa shape index (κ3) is 4.95. The predicted octanol–water partition coefficient (Wildman–Crippen LogP) is 2.97. The van der Waals surface area contributed by atoms with Crippen molar-refractivity contribution >= 4 is 29.2 Å². The summed E-state index contributed by atoms with van der Waals surface area (Å²) in [7, 11) is 3.99. The van der Waals surface area contributed by atoms with Crippen molar-refractivity contribution in [2.75, 3.05) is 56.7 Å². The third-order valence-corrected chi connectivity index (χ3v) is 5.51. The first-order valence-electron chi connectivity index (χ1n) is 10.5. The van der Waals surface area contributed by atoms with Gasteiger partial charge in [-0.3, -0.25) is 14.6 Å². The van der Waals surface area contributed by atoms with Crippen molar-refractivity contribution in [1.82, 2.24) is 4.90 Å². The Hall–Kier alpha value is -3.16. The van der Waals surface area contributed by atoms with Gasteiger partial charge in [0.05, 0.1) is 18.9 Å². The van der Waals surface area contributed by atoms with E-state index in [0.717, 1.165) is 49.9 Å². The zero-order valence-corrected chi connectivity index (χ0v) is 18.0. The first-order chi connectivity index (χ1) is 15.0. The highest BCUT2D eigenvalue weighted by Crippen LogP contribution is 2.28. The van der Waals surface area contributed by atoms with Gasteiger partial charge in [0.15, 0.2) is 0 Å². The lowest BCUT2D eigenvalue weighted by atomic mass is 10.1. The van der Waals surface area contributed by atoms with Crippen molar-refractivity contribution in [1.29, 1.82) is 0 Å². The van der Waals surface area contributed by atoms with Crippen LogP contribution in [-0.2, 0) is 9.53 Å². The average Bonchev–Trinajstić information content (AvgIpc) is 3.09. The molecule has 0 saturated carbocycles. The van der Waals surface area contributed by atoms with Gasteiger partial charge in [-0.15, -0.1) is 0 Å². The summed E-state index contributed by atoms with van der Waals surface area (Å²) in [5.74, 6) is 0.733. The van der Waals surface area contributed by atoms with Crippen LogP contribution in [0.25, 0.3) is 6.08 Å². The van der Waals surface area contributed by atoms with E-state index in [4.69, 9.17) is 9.73 Å². The molecule has 2 aliphatic heterocycles. The molecular formula is C24H28N4O3. The highest BCUT2D eigenvalue weighted by molar-refractivity contribution is 6.28. The smallest absolute Gasteiger partial charge is 0.282 e. The van der Waals surface area contributed by atoms with E-state index in [1.165, 1.54) is 0 Å². The lowest BCUT2D eigenvalue weighted by Gasteiger charge is -2.27. The lowest BCUT2D eigenvalue weighted by Crippen LogP contribution is -2.39. The number of carbonyl (C=O) groups is 1. The van der Waals surface area contributed by atoms with Gasteiger partial charge >= 0.3 is 0 Å². The van der Waals surface area contributed by atoms with Gasteiger partial charge in [0.25, 0.3) is 5.91 Å². The van der Waals surface area contributed by atoms with E-state index in [9.17, 15) is 9.90 Å². The number of nitrogens with zero attached hydrogens (tertiary/aromatic N) is 4. The number of benzene rings is 2. The van der Waals surface area contributed by atoms with Crippen LogP contribution in [0.3, 0.4) is 0 Å². The Kier molecular flexibility index (Phi) is 6.34. The number of hydrogen-bond donors (Lipinski definition) is 1. The molecule has 0 aromatic heterocycles. The van der Waals surface area contributed by atoms with Gasteiger partial charge < -0.3 is 14.7 Å². The molecule has 0 spiro atoms. The maximum Gasteiger partial charge on any atom is 0.282 e. The third-order valence-electron chi connectivity index (χ3n) is 5.51. The number of amides is 1. The molecule has 2 aromatic rings. The van der Waals surface area contributed by atoms with Gasteiger partial charge in [0.1, 0.15) is 17.3 Å². The number of amidine groups is 1. The quantitative estimate of drug-likeness (QED) is 0.728. The molecule has 1 fully saturated rings. The predicted molar refractivity (Wildman–Crippen MR) is 124 cm³/mol. The van der Waals surface area contributed by atoms with E-state index in [1.807, 2.05) is 49.3 Å². The van der Waals surface area contributed by atoms with Gasteiger partial charge in [-0.2, -0.15) is 0 Å². The van der Waals surface area contributed by atoms with Crippen LogP contribution < -0.4 is 9.80 Å². The van der Waals surface area contributed by atoms with Crippen molar-refractivity contribution in [3.05, 3.63) is 59.8 Å². The van der Waals surface area contributed by atoms with E-state index in [0.29, 0.717) is 17.8 Å². The van der Waals surface area contributed by atoms with E-state index in [2.05, 4.69) is 4.90 Å². The molecule has 0 atom stereocenters. The van der Waals surface area contributed by atoms with Crippen LogP contribution in [0.5, 0.6) is 5.75 Å². The minimum absolute atomic E-state index is 0.153. The summed E-state index contributed by atoms with van der Waals surface area (Å²) >= 11 is 0. The van der Waals surface area contributed by atoms with E-state index >= 15 is 0 Å². The van der Waals surface area contributed by atoms with Crippen molar-refractivity contribution in [2.45, 2.75) is 6.42 Å². The maximum atomic E-state index is 13.3. The second kappa shape index (κ2) is 9.32. The van der Waals surface area contributed by atoms with Crippen molar-refractivity contribution < 1.29 is 14.6 Å². The molecular weight excluding hydrogens is 392 g/mol. The second-order valence-corrected chi connectivity index (χ2v) is 7.90. The minimum atomic E-state index is -0.153. The number of phenolic OH excluding ortho intramolecular Hbond substituents is 1. The van der Waals surface area contributed by atoms with Crippen molar-refractivity contribution in [3.63, 3.8) is 0 Å². The molecule has 2 aromatic carbocycles. The number of carbonyl (C=O) groups excluding carboxylic acids is 1. The fraction of sp³-hybridized carbons (Fsp3) is 0.333. The Labute approximate surface area is 182 Å². The standard InChI is InChI=1S/C24H28N4O3/c1-26(2)19-5-3-18(4-6-19)17-22-24(30)28(20-7-9-21(29)10-8-20)23(25-22)11-12-27-13-15-31-16-14-27/h3-10,17,29H,11-16H2,1-2H3/b22-17-. The summed E-state index contributed by atoms with van der Waals surface area (Å²) < 4.78 is 5.42. The molecule has 31 heavy (non-hydrogen) atoms. The minimum Gasteiger partial charge on any atom is -0.508 e. The molecule has 7 heteroatoms. The van der Waals surface area contributed by atoms with Gasteiger partial charge in [0, 0.05) is 45.8 Å². The maximum absolute atomic E-state index is 13.3. The van der Waals surface area contributed by atoms with Crippen molar-refractivity contribution in [2.24, 2.45) is 4.99 Å². The van der Waals surface area contributed by atoms with Crippen LogP contribution in [0, 0.1) is 0 Å². The number of morpholine rings is 1. The molecule has 1 N–H and O–H groups in total. The Balaban J connectivity index is 1.59. The summed E-state index contributed by atoms with van der Waals surface area (Å²) in [5.41, 5.74) is 3.15. The average molecular weight is 421 g/mol. The number of aliphatic imine (C=N–C) groups is 1. The number of phenols is 1. The zero-order chi connectivity index (χ0) is 21.8. The molecule has 2 aliphatic rings. The molecule has 7 nitrogen and oxygen atoms in total. The second-order valence-electron chi connectivity index (χ2n) is 7.90. The zero-order valence-electron chi connectivity index (χ0n) is 18.0. The first kappa shape index (κ1) is 21.1. The number of ether oxygens (including phenoxy) is 1. The first-order valence-corrected chi connectivity index (χ1v) is 10.5. The van der Waals surface area contributed by atoms with Crippen LogP contribution >= 0.6 is 0 Å². The Morgan fingerprint density at radius 2 is 1.74 bits per heavy atom. The summed E-state index contributed by atoms with van der Waals surface area (Å²) in [6, 6.07) is 14.7. The van der Waals surface area contributed by atoms with Crippen LogP contribution in [-0.4, -0.2) is 68.7 Å². The van der Waals surface area contributed by atoms with Crippen LogP contribution in [0.15, 0.2) is 59.2 Å². The molecule has 4 rings (SSSR count). The number of hydrogen-bond acceptors (Lipinski definition) is 6.